The molecule has 6 nitrogen and oxygen atoms in total. The van der Waals surface area contributed by atoms with Gasteiger partial charge in [-0.3, -0.25) is 9.69 Å². The number of benzene rings is 1. The number of aromatic nitrogens is 2. The average Bonchev–Trinajstić information content (AvgIpc) is 3.19. The minimum atomic E-state index is 0.0608. The molecule has 3 heterocycles. The molecule has 1 aliphatic carbocycles. The summed E-state index contributed by atoms with van der Waals surface area (Å²) in [5.74, 6) is 1.15. The molecule has 0 radical (unpaired) electrons. The summed E-state index contributed by atoms with van der Waals surface area (Å²) in [4.78, 5) is 29.1. The highest BCUT2D eigenvalue weighted by atomic mass is 32.1. The summed E-state index contributed by atoms with van der Waals surface area (Å²) in [5.41, 5.74) is 3.59. The number of nitrogens with zero attached hydrogens (tertiary/aromatic N) is 4. The smallest absolute Gasteiger partial charge is 0.238 e. The lowest BCUT2D eigenvalue weighted by Crippen LogP contribution is -2.49. The molecule has 0 saturated carbocycles. The van der Waals surface area contributed by atoms with E-state index in [2.05, 4.69) is 33.1 Å². The Morgan fingerprint density at radius 1 is 1.10 bits per heavy atom. The van der Waals surface area contributed by atoms with Crippen molar-refractivity contribution in [2.24, 2.45) is 0 Å². The van der Waals surface area contributed by atoms with E-state index < -0.39 is 0 Å². The summed E-state index contributed by atoms with van der Waals surface area (Å²) in [6.45, 7) is 6.03. The van der Waals surface area contributed by atoms with Crippen molar-refractivity contribution in [3.63, 3.8) is 0 Å². The third-order valence-corrected chi connectivity index (χ3v) is 7.64. The Bertz CT molecular complexity index is 1090. The highest BCUT2D eigenvalue weighted by molar-refractivity contribution is 7.19. The van der Waals surface area contributed by atoms with Gasteiger partial charge in [-0.25, -0.2) is 9.97 Å². The van der Waals surface area contributed by atoms with Gasteiger partial charge in [0.05, 0.1) is 11.9 Å². The molecule has 0 atom stereocenters. The number of hydrogen-bond donors (Lipinski definition) is 1. The molecule has 2 aromatic heterocycles. The third kappa shape index (κ3) is 4.16. The normalized spacial score (nSPS) is 17.0. The van der Waals surface area contributed by atoms with Gasteiger partial charge in [0.1, 0.15) is 17.0 Å². The number of thiophene rings is 1. The molecule has 2 aliphatic rings. The lowest BCUT2D eigenvalue weighted by atomic mass is 9.97. The van der Waals surface area contributed by atoms with Crippen molar-refractivity contribution in [3.8, 4) is 0 Å². The summed E-state index contributed by atoms with van der Waals surface area (Å²) < 4.78 is 0. The van der Waals surface area contributed by atoms with E-state index in [0.29, 0.717) is 6.54 Å². The average molecular weight is 436 g/mol. The molecule has 1 aliphatic heterocycles. The van der Waals surface area contributed by atoms with Crippen LogP contribution in [0.2, 0.25) is 0 Å². The maximum Gasteiger partial charge on any atom is 0.238 e. The summed E-state index contributed by atoms with van der Waals surface area (Å²) in [6, 6.07) is 8.04. The second-order valence-electron chi connectivity index (χ2n) is 8.41. The van der Waals surface area contributed by atoms with Crippen LogP contribution >= 0.6 is 11.3 Å². The number of rotatable bonds is 5. The molecule has 1 N–H and O–H groups in total. The predicted octanol–water partition coefficient (Wildman–Crippen LogP) is 3.89. The topological polar surface area (TPSA) is 61.4 Å². The van der Waals surface area contributed by atoms with E-state index in [1.165, 1.54) is 40.7 Å². The van der Waals surface area contributed by atoms with Crippen LogP contribution in [0.3, 0.4) is 0 Å². The maximum atomic E-state index is 12.6. The second-order valence-corrected chi connectivity index (χ2v) is 9.49. The molecule has 0 spiro atoms. The number of anilines is 2. The molecule has 0 unspecified atom stereocenters. The Hall–Kier alpha value is -2.51. The van der Waals surface area contributed by atoms with Crippen LogP contribution in [0.25, 0.3) is 10.2 Å². The van der Waals surface area contributed by atoms with E-state index in [-0.39, 0.29) is 5.91 Å². The van der Waals surface area contributed by atoms with Crippen molar-refractivity contribution >= 4 is 39.0 Å². The highest BCUT2D eigenvalue weighted by Crippen LogP contribution is 2.39. The number of piperazine rings is 1. The first-order valence-electron chi connectivity index (χ1n) is 11.3. The predicted molar refractivity (Wildman–Crippen MR) is 127 cm³/mol. The van der Waals surface area contributed by atoms with E-state index in [9.17, 15) is 4.79 Å². The summed E-state index contributed by atoms with van der Waals surface area (Å²) in [6.07, 6.45) is 7.50. The first-order chi connectivity index (χ1) is 15.2. The number of aryl methyl sites for hydroxylation is 3. The molecule has 5 rings (SSSR count). The number of para-hydroxylation sites is 1. The molecule has 1 saturated heterocycles. The van der Waals surface area contributed by atoms with Crippen molar-refractivity contribution in [1.29, 1.82) is 0 Å². The van der Waals surface area contributed by atoms with Crippen LogP contribution in [-0.4, -0.2) is 53.5 Å². The van der Waals surface area contributed by atoms with Crippen molar-refractivity contribution in [2.45, 2.75) is 39.0 Å². The third-order valence-electron chi connectivity index (χ3n) is 6.44. The van der Waals surface area contributed by atoms with Gasteiger partial charge < -0.3 is 10.2 Å². The zero-order valence-corrected chi connectivity index (χ0v) is 18.9. The maximum absolute atomic E-state index is 12.6. The molecule has 162 valence electrons. The van der Waals surface area contributed by atoms with Gasteiger partial charge in [-0.05, 0) is 49.3 Å². The lowest BCUT2D eigenvalue weighted by Gasteiger charge is -2.35. The number of fused-ring (bicyclic) bond motifs is 3. The number of carbonyl (C=O) groups is 1. The Labute approximate surface area is 187 Å². The fourth-order valence-electron chi connectivity index (χ4n) is 4.77. The molecule has 3 aromatic rings. The fraction of sp³-hybridized carbons (Fsp3) is 0.458. The van der Waals surface area contributed by atoms with Gasteiger partial charge in [-0.1, -0.05) is 25.1 Å². The number of nitrogens with one attached hydrogen (secondary N) is 1. The van der Waals surface area contributed by atoms with E-state index in [1.54, 1.807) is 6.33 Å². The van der Waals surface area contributed by atoms with Crippen LogP contribution in [-0.2, 0) is 24.1 Å². The highest BCUT2D eigenvalue weighted by Gasteiger charge is 2.25. The Balaban J connectivity index is 1.24. The molecule has 1 aromatic carbocycles. The number of hydrogen-bond acceptors (Lipinski definition) is 6. The van der Waals surface area contributed by atoms with Crippen LogP contribution in [0.1, 0.15) is 35.8 Å². The molecule has 1 fully saturated rings. The molecule has 0 bridgehead atoms. The zero-order chi connectivity index (χ0) is 21.2. The van der Waals surface area contributed by atoms with Gasteiger partial charge in [-0.2, -0.15) is 0 Å². The molecule has 31 heavy (non-hydrogen) atoms. The standard InChI is InChI=1S/C24H29N5OS/c1-2-17-7-3-5-9-19(17)27-21(30)15-28-11-13-29(14-12-28)23-22-18-8-4-6-10-20(18)31-24(22)26-16-25-23/h3,5,7,9,16H,2,4,6,8,10-15H2,1H3,(H,27,30). The number of amides is 1. The van der Waals surface area contributed by atoms with Gasteiger partial charge in [0.15, 0.2) is 0 Å². The number of carbonyl (C=O) groups excluding carboxylic acids is 1. The first kappa shape index (κ1) is 20.4. The van der Waals surface area contributed by atoms with Crippen molar-refractivity contribution < 1.29 is 4.79 Å². The minimum Gasteiger partial charge on any atom is -0.353 e. The van der Waals surface area contributed by atoms with Gasteiger partial charge >= 0.3 is 0 Å². The Morgan fingerprint density at radius 2 is 1.90 bits per heavy atom. The lowest BCUT2D eigenvalue weighted by molar-refractivity contribution is -0.117. The van der Waals surface area contributed by atoms with Gasteiger partial charge in [0.25, 0.3) is 0 Å². The van der Waals surface area contributed by atoms with Gasteiger partial charge in [0.2, 0.25) is 5.91 Å². The van der Waals surface area contributed by atoms with Crippen LogP contribution in [0, 0.1) is 0 Å². The summed E-state index contributed by atoms with van der Waals surface area (Å²) in [5, 5.41) is 4.38. The SMILES string of the molecule is CCc1ccccc1NC(=O)CN1CCN(c2ncnc3sc4c(c23)CCCC4)CC1. The van der Waals surface area contributed by atoms with Gasteiger partial charge in [-0.15, -0.1) is 11.3 Å². The monoisotopic (exact) mass is 435 g/mol. The van der Waals surface area contributed by atoms with Crippen LogP contribution in [0.15, 0.2) is 30.6 Å². The van der Waals surface area contributed by atoms with E-state index in [1.807, 2.05) is 29.5 Å². The quantitative estimate of drug-likeness (QED) is 0.659. The Kier molecular flexibility index (Phi) is 5.87. The molecule has 1 amide bonds. The van der Waals surface area contributed by atoms with Crippen molar-refractivity contribution in [1.82, 2.24) is 14.9 Å². The Morgan fingerprint density at radius 3 is 2.74 bits per heavy atom. The van der Waals surface area contributed by atoms with Crippen molar-refractivity contribution in [2.75, 3.05) is 42.9 Å². The fourth-order valence-corrected chi connectivity index (χ4v) is 6.00. The zero-order valence-electron chi connectivity index (χ0n) is 18.1. The van der Waals surface area contributed by atoms with Crippen LogP contribution in [0.4, 0.5) is 11.5 Å². The van der Waals surface area contributed by atoms with E-state index >= 15 is 0 Å². The van der Waals surface area contributed by atoms with Gasteiger partial charge in [0, 0.05) is 36.7 Å². The van der Waals surface area contributed by atoms with Crippen LogP contribution in [0.5, 0.6) is 0 Å². The molecule has 7 heteroatoms. The summed E-state index contributed by atoms with van der Waals surface area (Å²) in [7, 11) is 0. The van der Waals surface area contributed by atoms with E-state index in [0.717, 1.165) is 55.4 Å². The van der Waals surface area contributed by atoms with E-state index in [4.69, 9.17) is 4.98 Å². The van der Waals surface area contributed by atoms with Crippen LogP contribution < -0.4 is 10.2 Å². The molecular formula is C24H29N5OS. The second kappa shape index (κ2) is 8.93. The van der Waals surface area contributed by atoms with Crippen molar-refractivity contribution in [3.05, 3.63) is 46.6 Å². The molecular weight excluding hydrogens is 406 g/mol. The minimum absolute atomic E-state index is 0.0608. The first-order valence-corrected chi connectivity index (χ1v) is 12.1. The largest absolute Gasteiger partial charge is 0.353 e. The summed E-state index contributed by atoms with van der Waals surface area (Å²) >= 11 is 1.85.